The molecule has 0 heterocycles. The molecule has 0 heteroatoms. The van der Waals surface area contributed by atoms with Crippen molar-refractivity contribution in [3.8, 4) is 0 Å². The highest BCUT2D eigenvalue weighted by molar-refractivity contribution is 5.81. The highest BCUT2D eigenvalue weighted by Crippen LogP contribution is 2.41. The number of allylic oxidation sites excluding steroid dienone is 6. The van der Waals surface area contributed by atoms with Gasteiger partial charge in [-0.05, 0) is 111 Å². The van der Waals surface area contributed by atoms with Gasteiger partial charge in [0.05, 0.1) is 0 Å². The van der Waals surface area contributed by atoms with E-state index in [4.69, 9.17) is 0 Å². The summed E-state index contributed by atoms with van der Waals surface area (Å²) in [5.74, 6) is 0. The van der Waals surface area contributed by atoms with Crippen molar-refractivity contribution in [2.45, 2.75) is 73.1 Å². The van der Waals surface area contributed by atoms with E-state index in [0.29, 0.717) is 0 Å². The molecule has 0 spiro atoms. The third-order valence-corrected chi connectivity index (χ3v) is 5.79. The molecule has 122 valence electrons. The quantitative estimate of drug-likeness (QED) is 0.560. The second-order valence-electron chi connectivity index (χ2n) is 7.27. The molecule has 0 unspecified atom stereocenters. The maximum absolute atomic E-state index is 2.48. The summed E-state index contributed by atoms with van der Waals surface area (Å²) in [6.07, 6.45) is 10.0. The van der Waals surface area contributed by atoms with Crippen LogP contribution in [-0.2, 0) is 6.42 Å². The molecule has 2 aliphatic carbocycles. The minimum atomic E-state index is 1.12. The van der Waals surface area contributed by atoms with E-state index in [2.05, 4.69) is 52.8 Å². The lowest BCUT2D eigenvalue weighted by Gasteiger charge is -2.20. The molecule has 0 aliphatic heterocycles. The van der Waals surface area contributed by atoms with Crippen LogP contribution in [-0.4, -0.2) is 0 Å². The highest BCUT2D eigenvalue weighted by atomic mass is 14.3. The molecule has 0 atom stereocenters. The van der Waals surface area contributed by atoms with Gasteiger partial charge in [0, 0.05) is 0 Å². The predicted octanol–water partition coefficient (Wildman–Crippen LogP) is 6.86. The Labute approximate surface area is 142 Å². The molecule has 1 aromatic carbocycles. The standard InChI is InChI=1S/C23H30/c1-6-19-14-21(13-15(2)16(19)3)23-10-8-7-9-22(20-11-12-20)17(4)18(23)5/h10,13-14H,6-9,11-12H2,1-5H3/b18-17-,23-10+. The van der Waals surface area contributed by atoms with E-state index in [1.54, 1.807) is 16.7 Å². The first kappa shape index (κ1) is 16.3. The lowest BCUT2D eigenvalue weighted by Crippen LogP contribution is -2.00. The van der Waals surface area contributed by atoms with E-state index in [0.717, 1.165) is 6.42 Å². The Kier molecular flexibility index (Phi) is 4.62. The normalized spacial score (nSPS) is 24.1. The topological polar surface area (TPSA) is 0 Å². The lowest BCUT2D eigenvalue weighted by atomic mass is 9.85. The smallest absolute Gasteiger partial charge is 0.0179 e. The number of benzene rings is 1. The van der Waals surface area contributed by atoms with Crippen LogP contribution >= 0.6 is 0 Å². The molecular formula is C23H30. The lowest BCUT2D eigenvalue weighted by molar-refractivity contribution is 0.827. The molecule has 0 nitrogen and oxygen atoms in total. The summed E-state index contributed by atoms with van der Waals surface area (Å²) in [5.41, 5.74) is 13.7. The van der Waals surface area contributed by atoms with Crippen molar-refractivity contribution in [1.29, 1.82) is 0 Å². The van der Waals surface area contributed by atoms with Crippen LogP contribution in [0.3, 0.4) is 0 Å². The van der Waals surface area contributed by atoms with Gasteiger partial charge in [0.25, 0.3) is 0 Å². The largest absolute Gasteiger partial charge is 0.0764 e. The van der Waals surface area contributed by atoms with Crippen LogP contribution in [0.1, 0.15) is 75.1 Å². The van der Waals surface area contributed by atoms with Crippen LogP contribution in [0.5, 0.6) is 0 Å². The highest BCUT2D eigenvalue weighted by Gasteiger charge is 2.21. The molecule has 0 saturated heterocycles. The Bertz CT molecular complexity index is 717. The van der Waals surface area contributed by atoms with Gasteiger partial charge in [-0.15, -0.1) is 0 Å². The zero-order valence-corrected chi connectivity index (χ0v) is 15.5. The molecule has 2 aliphatic rings. The molecule has 23 heavy (non-hydrogen) atoms. The summed E-state index contributed by atoms with van der Waals surface area (Å²) in [7, 11) is 0. The molecule has 1 fully saturated rings. The number of aryl methyl sites for hydroxylation is 2. The van der Waals surface area contributed by atoms with Crippen molar-refractivity contribution in [3.63, 3.8) is 0 Å². The van der Waals surface area contributed by atoms with Crippen LogP contribution in [0.2, 0.25) is 0 Å². The molecule has 0 radical (unpaired) electrons. The molecule has 1 aromatic rings. The summed E-state index contributed by atoms with van der Waals surface area (Å²) >= 11 is 0. The van der Waals surface area contributed by atoms with E-state index in [1.165, 1.54) is 65.5 Å². The zero-order chi connectivity index (χ0) is 16.6. The number of hydrogen-bond donors (Lipinski definition) is 0. The summed E-state index contributed by atoms with van der Waals surface area (Å²) in [6.45, 7) is 11.5. The van der Waals surface area contributed by atoms with Gasteiger partial charge in [-0.25, -0.2) is 0 Å². The Morgan fingerprint density at radius 2 is 1.65 bits per heavy atom. The minimum absolute atomic E-state index is 1.12. The fraction of sp³-hybridized carbons (Fsp3) is 0.478. The number of rotatable bonds is 2. The minimum Gasteiger partial charge on any atom is -0.0764 e. The van der Waals surface area contributed by atoms with Crippen LogP contribution in [0, 0.1) is 13.8 Å². The van der Waals surface area contributed by atoms with Gasteiger partial charge in [0.2, 0.25) is 0 Å². The van der Waals surface area contributed by atoms with Gasteiger partial charge in [-0.1, -0.05) is 30.7 Å². The molecule has 0 amide bonds. The van der Waals surface area contributed by atoms with E-state index in [9.17, 15) is 0 Å². The van der Waals surface area contributed by atoms with E-state index in [1.807, 2.05) is 0 Å². The SMILES string of the molecule is CCc1cc(C2=C/CCCC(=C3CC3)/C(C)=C\2C)cc(C)c1C. The van der Waals surface area contributed by atoms with Crippen molar-refractivity contribution in [2.75, 3.05) is 0 Å². The third kappa shape index (κ3) is 3.22. The summed E-state index contributed by atoms with van der Waals surface area (Å²) in [4.78, 5) is 0. The monoisotopic (exact) mass is 306 g/mol. The first-order chi connectivity index (χ1) is 11.0. The Morgan fingerprint density at radius 3 is 2.30 bits per heavy atom. The van der Waals surface area contributed by atoms with Crippen molar-refractivity contribution >= 4 is 5.57 Å². The Hall–Kier alpha value is -1.56. The van der Waals surface area contributed by atoms with Gasteiger partial charge in [-0.3, -0.25) is 0 Å². The molecule has 0 bridgehead atoms. The molecule has 3 rings (SSSR count). The van der Waals surface area contributed by atoms with Crippen molar-refractivity contribution in [2.24, 2.45) is 0 Å². The zero-order valence-electron chi connectivity index (χ0n) is 15.5. The molecular weight excluding hydrogens is 276 g/mol. The van der Waals surface area contributed by atoms with E-state index in [-0.39, 0.29) is 0 Å². The van der Waals surface area contributed by atoms with Gasteiger partial charge >= 0.3 is 0 Å². The average molecular weight is 306 g/mol. The summed E-state index contributed by atoms with van der Waals surface area (Å²) in [5, 5.41) is 0. The first-order valence-corrected chi connectivity index (χ1v) is 9.22. The molecule has 1 saturated carbocycles. The van der Waals surface area contributed by atoms with Gasteiger partial charge in [0.15, 0.2) is 0 Å². The fourth-order valence-electron chi connectivity index (χ4n) is 3.89. The molecule has 0 aromatic heterocycles. The number of hydrogen-bond acceptors (Lipinski definition) is 0. The second-order valence-corrected chi connectivity index (χ2v) is 7.27. The first-order valence-electron chi connectivity index (χ1n) is 9.22. The maximum Gasteiger partial charge on any atom is -0.0179 e. The average Bonchev–Trinajstić information content (AvgIpc) is 3.36. The van der Waals surface area contributed by atoms with Crippen LogP contribution in [0.4, 0.5) is 0 Å². The Balaban J connectivity index is 2.11. The second kappa shape index (κ2) is 6.51. The van der Waals surface area contributed by atoms with Crippen LogP contribution in [0.25, 0.3) is 5.57 Å². The van der Waals surface area contributed by atoms with E-state index >= 15 is 0 Å². The fourth-order valence-corrected chi connectivity index (χ4v) is 3.89. The van der Waals surface area contributed by atoms with Crippen LogP contribution in [0.15, 0.2) is 40.5 Å². The van der Waals surface area contributed by atoms with Gasteiger partial charge in [0.1, 0.15) is 0 Å². The van der Waals surface area contributed by atoms with Crippen LogP contribution < -0.4 is 0 Å². The van der Waals surface area contributed by atoms with Crippen molar-refractivity contribution in [1.82, 2.24) is 0 Å². The maximum atomic E-state index is 2.48. The van der Waals surface area contributed by atoms with Crippen molar-refractivity contribution < 1.29 is 0 Å². The summed E-state index contributed by atoms with van der Waals surface area (Å²) < 4.78 is 0. The van der Waals surface area contributed by atoms with Crippen molar-refractivity contribution in [3.05, 3.63) is 62.8 Å². The van der Waals surface area contributed by atoms with Gasteiger partial charge < -0.3 is 0 Å². The van der Waals surface area contributed by atoms with E-state index < -0.39 is 0 Å². The predicted molar refractivity (Wildman–Crippen MR) is 102 cm³/mol. The molecule has 0 N–H and O–H groups in total. The summed E-state index contributed by atoms with van der Waals surface area (Å²) in [6, 6.07) is 4.82. The van der Waals surface area contributed by atoms with Gasteiger partial charge in [-0.2, -0.15) is 0 Å². The Morgan fingerprint density at radius 1 is 0.913 bits per heavy atom. The third-order valence-electron chi connectivity index (χ3n) is 5.79.